The molecule has 2 aromatic rings. The number of piperidine rings is 1. The average molecular weight is 323 g/mol. The molecule has 1 heterocycles. The summed E-state index contributed by atoms with van der Waals surface area (Å²) in [6.45, 7) is 2.24. The Morgan fingerprint density at radius 1 is 1.00 bits per heavy atom. The molecule has 0 spiro atoms. The summed E-state index contributed by atoms with van der Waals surface area (Å²) < 4.78 is 0. The minimum Gasteiger partial charge on any atom is -0.508 e. The lowest BCUT2D eigenvalue weighted by Crippen LogP contribution is -2.29. The molecule has 0 aromatic heterocycles. The van der Waals surface area contributed by atoms with E-state index in [-0.39, 0.29) is 11.7 Å². The van der Waals surface area contributed by atoms with Gasteiger partial charge in [0.25, 0.3) is 5.91 Å². The summed E-state index contributed by atoms with van der Waals surface area (Å²) in [5.74, 6) is -0.181. The van der Waals surface area contributed by atoms with E-state index in [1.165, 1.54) is 37.1 Å². The molecule has 1 fully saturated rings. The maximum absolute atomic E-state index is 11.9. The Bertz CT molecular complexity index is 702. The number of hydrogen-bond donors (Lipinski definition) is 2. The fraction of sp³-hybridized carbons (Fsp3) is 0.263. The van der Waals surface area contributed by atoms with E-state index in [0.717, 1.165) is 18.7 Å². The summed E-state index contributed by atoms with van der Waals surface area (Å²) >= 11 is 0. The van der Waals surface area contributed by atoms with E-state index in [2.05, 4.69) is 27.6 Å². The van der Waals surface area contributed by atoms with Gasteiger partial charge in [0, 0.05) is 24.3 Å². The number of hydrogen-bond acceptors (Lipinski definition) is 4. The number of anilines is 1. The predicted octanol–water partition coefficient (Wildman–Crippen LogP) is 3.15. The number of carbonyl (C=O) groups is 1. The Hall–Kier alpha value is -2.82. The van der Waals surface area contributed by atoms with E-state index in [1.807, 2.05) is 12.1 Å². The molecular formula is C19H21N3O2. The Morgan fingerprint density at radius 3 is 2.33 bits per heavy atom. The highest BCUT2D eigenvalue weighted by atomic mass is 16.3. The molecule has 5 nitrogen and oxygen atoms in total. The van der Waals surface area contributed by atoms with E-state index >= 15 is 0 Å². The van der Waals surface area contributed by atoms with Gasteiger partial charge < -0.3 is 10.0 Å². The van der Waals surface area contributed by atoms with Crippen LogP contribution in [0.15, 0.2) is 53.6 Å². The van der Waals surface area contributed by atoms with Gasteiger partial charge in [-0.05, 0) is 61.2 Å². The first kappa shape index (κ1) is 16.1. The summed E-state index contributed by atoms with van der Waals surface area (Å²) in [7, 11) is 0. The SMILES string of the molecule is O=C(NN=Cc1ccc(N2CCCCC2)cc1)c1ccc(O)cc1. The zero-order chi connectivity index (χ0) is 16.8. The number of rotatable bonds is 4. The second-order valence-corrected chi connectivity index (χ2v) is 5.89. The molecule has 0 bridgehead atoms. The van der Waals surface area contributed by atoms with Gasteiger partial charge in [0.05, 0.1) is 6.21 Å². The van der Waals surface area contributed by atoms with Gasteiger partial charge in [0.1, 0.15) is 5.75 Å². The topological polar surface area (TPSA) is 64.9 Å². The number of phenols is 1. The third-order valence-corrected chi connectivity index (χ3v) is 4.12. The Balaban J connectivity index is 1.56. The van der Waals surface area contributed by atoms with E-state index in [4.69, 9.17) is 0 Å². The van der Waals surface area contributed by atoms with Crippen LogP contribution in [0.2, 0.25) is 0 Å². The van der Waals surface area contributed by atoms with E-state index < -0.39 is 0 Å². The number of nitrogens with zero attached hydrogens (tertiary/aromatic N) is 2. The Morgan fingerprint density at radius 2 is 1.67 bits per heavy atom. The molecule has 1 saturated heterocycles. The minimum absolute atomic E-state index is 0.129. The summed E-state index contributed by atoms with van der Waals surface area (Å²) in [5.41, 5.74) is 5.10. The fourth-order valence-electron chi connectivity index (χ4n) is 2.77. The van der Waals surface area contributed by atoms with E-state index in [1.54, 1.807) is 18.3 Å². The zero-order valence-corrected chi connectivity index (χ0v) is 13.5. The van der Waals surface area contributed by atoms with Crippen molar-refractivity contribution in [3.8, 4) is 5.75 Å². The Labute approximate surface area is 141 Å². The largest absolute Gasteiger partial charge is 0.508 e. The van der Waals surface area contributed by atoms with Crippen LogP contribution in [0, 0.1) is 0 Å². The summed E-state index contributed by atoms with van der Waals surface area (Å²) in [5, 5.41) is 13.2. The van der Waals surface area contributed by atoms with Crippen molar-refractivity contribution in [2.24, 2.45) is 5.10 Å². The molecule has 2 N–H and O–H groups in total. The molecule has 1 aliphatic heterocycles. The van der Waals surface area contributed by atoms with Crippen molar-refractivity contribution in [3.05, 3.63) is 59.7 Å². The lowest BCUT2D eigenvalue weighted by Gasteiger charge is -2.28. The van der Waals surface area contributed by atoms with Crippen LogP contribution in [0.1, 0.15) is 35.2 Å². The van der Waals surface area contributed by atoms with Crippen molar-refractivity contribution >= 4 is 17.8 Å². The number of benzene rings is 2. The van der Waals surface area contributed by atoms with Gasteiger partial charge in [-0.3, -0.25) is 4.79 Å². The highest BCUT2D eigenvalue weighted by molar-refractivity contribution is 5.95. The minimum atomic E-state index is -0.309. The molecule has 5 heteroatoms. The third-order valence-electron chi connectivity index (χ3n) is 4.12. The van der Waals surface area contributed by atoms with Crippen LogP contribution in [-0.4, -0.2) is 30.3 Å². The summed E-state index contributed by atoms with van der Waals surface area (Å²) in [6.07, 6.45) is 5.46. The number of nitrogens with one attached hydrogen (secondary N) is 1. The first-order valence-corrected chi connectivity index (χ1v) is 8.20. The predicted molar refractivity (Wildman–Crippen MR) is 95.7 cm³/mol. The van der Waals surface area contributed by atoms with E-state index in [0.29, 0.717) is 5.56 Å². The number of carbonyl (C=O) groups excluding carboxylic acids is 1. The fourth-order valence-corrected chi connectivity index (χ4v) is 2.77. The summed E-state index contributed by atoms with van der Waals surface area (Å²) in [6, 6.07) is 14.2. The van der Waals surface area contributed by atoms with E-state index in [9.17, 15) is 9.90 Å². The van der Waals surface area contributed by atoms with Gasteiger partial charge >= 0.3 is 0 Å². The van der Waals surface area contributed by atoms with Gasteiger partial charge in [-0.25, -0.2) is 5.43 Å². The average Bonchev–Trinajstić information content (AvgIpc) is 2.63. The smallest absolute Gasteiger partial charge is 0.271 e. The lowest BCUT2D eigenvalue weighted by molar-refractivity contribution is 0.0955. The molecule has 0 unspecified atom stereocenters. The molecule has 0 radical (unpaired) electrons. The quantitative estimate of drug-likeness (QED) is 0.671. The highest BCUT2D eigenvalue weighted by Gasteiger charge is 2.10. The maximum atomic E-state index is 11.9. The normalized spacial score (nSPS) is 14.8. The van der Waals surface area contributed by atoms with Gasteiger partial charge in [0.2, 0.25) is 0 Å². The molecule has 0 aliphatic carbocycles. The van der Waals surface area contributed by atoms with Gasteiger partial charge in [-0.15, -0.1) is 0 Å². The molecule has 1 amide bonds. The van der Waals surface area contributed by atoms with Crippen LogP contribution in [0.25, 0.3) is 0 Å². The second-order valence-electron chi connectivity index (χ2n) is 5.89. The molecule has 0 saturated carbocycles. The standard InChI is InChI=1S/C19H21N3O2/c23-18-10-6-16(7-11-18)19(24)21-20-14-15-4-8-17(9-5-15)22-12-2-1-3-13-22/h4-11,14,23H,1-3,12-13H2,(H,21,24). The van der Waals surface area contributed by atoms with Crippen LogP contribution in [0.4, 0.5) is 5.69 Å². The monoisotopic (exact) mass is 323 g/mol. The van der Waals surface area contributed by atoms with Crippen molar-refractivity contribution < 1.29 is 9.90 Å². The van der Waals surface area contributed by atoms with Gasteiger partial charge in [-0.2, -0.15) is 5.10 Å². The molecule has 2 aromatic carbocycles. The molecule has 124 valence electrons. The molecular weight excluding hydrogens is 302 g/mol. The summed E-state index contributed by atoms with van der Waals surface area (Å²) in [4.78, 5) is 14.3. The van der Waals surface area contributed by atoms with Gasteiger partial charge in [0.15, 0.2) is 0 Å². The molecule has 1 aliphatic rings. The van der Waals surface area contributed by atoms with Crippen LogP contribution in [-0.2, 0) is 0 Å². The van der Waals surface area contributed by atoms with Crippen molar-refractivity contribution in [1.82, 2.24) is 5.43 Å². The molecule has 3 rings (SSSR count). The van der Waals surface area contributed by atoms with Crippen LogP contribution >= 0.6 is 0 Å². The number of amides is 1. The van der Waals surface area contributed by atoms with Crippen LogP contribution in [0.5, 0.6) is 5.75 Å². The number of aromatic hydroxyl groups is 1. The lowest BCUT2D eigenvalue weighted by atomic mass is 10.1. The van der Waals surface area contributed by atoms with Crippen molar-refractivity contribution in [2.45, 2.75) is 19.3 Å². The van der Waals surface area contributed by atoms with Crippen molar-refractivity contribution in [3.63, 3.8) is 0 Å². The van der Waals surface area contributed by atoms with Crippen LogP contribution < -0.4 is 10.3 Å². The second kappa shape index (κ2) is 7.64. The Kier molecular flexibility index (Phi) is 5.11. The maximum Gasteiger partial charge on any atom is 0.271 e. The molecule has 24 heavy (non-hydrogen) atoms. The van der Waals surface area contributed by atoms with Crippen molar-refractivity contribution in [2.75, 3.05) is 18.0 Å². The highest BCUT2D eigenvalue weighted by Crippen LogP contribution is 2.19. The zero-order valence-electron chi connectivity index (χ0n) is 13.5. The molecule has 0 atom stereocenters. The first-order chi connectivity index (χ1) is 11.7. The third kappa shape index (κ3) is 4.13. The first-order valence-electron chi connectivity index (χ1n) is 8.20. The number of hydrazone groups is 1. The van der Waals surface area contributed by atoms with Crippen LogP contribution in [0.3, 0.4) is 0 Å². The van der Waals surface area contributed by atoms with Gasteiger partial charge in [-0.1, -0.05) is 12.1 Å². The van der Waals surface area contributed by atoms with Crippen molar-refractivity contribution in [1.29, 1.82) is 0 Å². The number of phenolic OH excluding ortho intramolecular Hbond substituents is 1.